The summed E-state index contributed by atoms with van der Waals surface area (Å²) >= 11 is 0. The number of hydrogen-bond acceptors (Lipinski definition) is 2. The number of methoxy groups -OCH3 is 1. The van der Waals surface area contributed by atoms with Crippen LogP contribution in [0.1, 0.15) is 15.3 Å². The molecule has 1 amide bonds. The molecule has 0 radical (unpaired) electrons. The molecular weight excluding hydrogens is 166 g/mol. The number of hydrogen-bond donors (Lipinski definition) is 1. The fourth-order valence-electron chi connectivity index (χ4n) is 0.690. The van der Waals surface area contributed by atoms with Crippen LogP contribution in [0.5, 0.6) is 0 Å². The average Bonchev–Trinajstić information content (AvgIpc) is 2.22. The van der Waals surface area contributed by atoms with E-state index < -0.39 is 6.09 Å². The van der Waals surface area contributed by atoms with Gasteiger partial charge in [-0.25, -0.2) is 4.79 Å². The number of anilines is 1. The van der Waals surface area contributed by atoms with Crippen LogP contribution in [0.25, 0.3) is 0 Å². The first-order valence-corrected chi connectivity index (χ1v) is 4.23. The zero-order valence-corrected chi connectivity index (χ0v) is 8.20. The lowest BCUT2D eigenvalue weighted by atomic mass is 10.3. The summed E-state index contributed by atoms with van der Waals surface area (Å²) in [7, 11) is 1.33. The van der Waals surface area contributed by atoms with Crippen molar-refractivity contribution in [3.05, 3.63) is 30.3 Å². The van der Waals surface area contributed by atoms with Crippen LogP contribution in [0.15, 0.2) is 30.3 Å². The van der Waals surface area contributed by atoms with Gasteiger partial charge in [-0.3, -0.25) is 5.32 Å². The van der Waals surface area contributed by atoms with Crippen LogP contribution in [0.3, 0.4) is 0 Å². The Morgan fingerprint density at radius 3 is 2.31 bits per heavy atom. The molecule has 0 spiro atoms. The Labute approximate surface area is 80.2 Å². The smallest absolute Gasteiger partial charge is 0.411 e. The Morgan fingerprint density at radius 2 is 1.85 bits per heavy atom. The highest BCUT2D eigenvalue weighted by molar-refractivity contribution is 5.84. The first-order valence-electron chi connectivity index (χ1n) is 4.23. The predicted molar refractivity (Wildman–Crippen MR) is 55.9 cm³/mol. The molecule has 0 saturated carbocycles. The molecule has 0 aliphatic heterocycles. The van der Waals surface area contributed by atoms with Crippen LogP contribution in [-0.4, -0.2) is 13.2 Å². The molecule has 0 fully saturated rings. The molecule has 3 heteroatoms. The van der Waals surface area contributed by atoms with Gasteiger partial charge in [-0.05, 0) is 12.1 Å². The van der Waals surface area contributed by atoms with Gasteiger partial charge in [0, 0.05) is 7.11 Å². The van der Waals surface area contributed by atoms with Gasteiger partial charge in [-0.15, -0.1) is 0 Å². The maximum Gasteiger partial charge on any atom is 0.411 e. The van der Waals surface area contributed by atoms with Crippen molar-refractivity contribution in [1.29, 1.82) is 0 Å². The van der Waals surface area contributed by atoms with Gasteiger partial charge in [0.25, 0.3) is 0 Å². The van der Waals surface area contributed by atoms with Crippen LogP contribution in [0.4, 0.5) is 10.5 Å². The normalized spacial score (nSPS) is 7.92. The molecule has 1 N–H and O–H groups in total. The molecule has 1 aromatic carbocycles. The number of amides is 1. The third kappa shape index (κ3) is 4.85. The molecule has 1 rings (SSSR count). The second-order valence-electron chi connectivity index (χ2n) is 1.98. The SMILES string of the molecule is CC.COC(=O)Nc1ccccc1.[HH]. The van der Waals surface area contributed by atoms with Crippen LogP contribution in [0.2, 0.25) is 0 Å². The minimum atomic E-state index is -0.448. The number of carbonyl (C=O) groups is 1. The molecular formula is C10H17NO2. The second-order valence-corrected chi connectivity index (χ2v) is 1.98. The summed E-state index contributed by atoms with van der Waals surface area (Å²) in [6.07, 6.45) is -0.448. The summed E-state index contributed by atoms with van der Waals surface area (Å²) in [5.41, 5.74) is 0.736. The van der Waals surface area contributed by atoms with Crippen molar-refractivity contribution in [3.8, 4) is 0 Å². The van der Waals surface area contributed by atoms with Crippen molar-refractivity contribution < 1.29 is 11.0 Å². The Hall–Kier alpha value is -1.51. The minimum absolute atomic E-state index is 0. The number of nitrogens with one attached hydrogen (secondary N) is 1. The van der Waals surface area contributed by atoms with Gasteiger partial charge in [0.2, 0.25) is 0 Å². The predicted octanol–water partition coefficient (Wildman–Crippen LogP) is 3.14. The highest BCUT2D eigenvalue weighted by atomic mass is 16.5. The fourth-order valence-corrected chi connectivity index (χ4v) is 0.690. The van der Waals surface area contributed by atoms with Gasteiger partial charge in [-0.1, -0.05) is 32.0 Å². The van der Waals surface area contributed by atoms with Crippen molar-refractivity contribution in [2.75, 3.05) is 12.4 Å². The summed E-state index contributed by atoms with van der Waals surface area (Å²) in [5.74, 6) is 0. The van der Waals surface area contributed by atoms with E-state index in [4.69, 9.17) is 0 Å². The summed E-state index contributed by atoms with van der Waals surface area (Å²) < 4.78 is 4.40. The van der Waals surface area contributed by atoms with E-state index in [9.17, 15) is 4.79 Å². The quantitative estimate of drug-likeness (QED) is 0.726. The Bertz CT molecular complexity index is 239. The molecule has 3 nitrogen and oxygen atoms in total. The molecule has 13 heavy (non-hydrogen) atoms. The number of para-hydroxylation sites is 1. The third-order valence-corrected chi connectivity index (χ3v) is 1.21. The fraction of sp³-hybridized carbons (Fsp3) is 0.300. The standard InChI is InChI=1S/C8H9NO2.C2H6.H2/c1-11-8(10)9-7-5-3-2-4-6-7;1-2;/h2-6H,1H3,(H,9,10);1-2H3;1H. The largest absolute Gasteiger partial charge is 0.453 e. The second kappa shape index (κ2) is 7.16. The average molecular weight is 183 g/mol. The van der Waals surface area contributed by atoms with Gasteiger partial charge in [-0.2, -0.15) is 0 Å². The maximum atomic E-state index is 10.6. The van der Waals surface area contributed by atoms with Crippen molar-refractivity contribution in [3.63, 3.8) is 0 Å². The first kappa shape index (κ1) is 11.5. The van der Waals surface area contributed by atoms with E-state index in [1.165, 1.54) is 7.11 Å². The van der Waals surface area contributed by atoms with Crippen molar-refractivity contribution in [2.24, 2.45) is 0 Å². The molecule has 0 atom stereocenters. The summed E-state index contributed by atoms with van der Waals surface area (Å²) in [6, 6.07) is 9.13. The monoisotopic (exact) mass is 183 g/mol. The van der Waals surface area contributed by atoms with Crippen molar-refractivity contribution in [1.82, 2.24) is 0 Å². The van der Waals surface area contributed by atoms with E-state index in [2.05, 4.69) is 10.1 Å². The highest BCUT2D eigenvalue weighted by Crippen LogP contribution is 2.04. The van der Waals surface area contributed by atoms with E-state index in [1.807, 2.05) is 32.0 Å². The number of rotatable bonds is 1. The molecule has 0 bridgehead atoms. The molecule has 0 saturated heterocycles. The molecule has 74 valence electrons. The molecule has 0 aliphatic carbocycles. The van der Waals surface area contributed by atoms with E-state index >= 15 is 0 Å². The van der Waals surface area contributed by atoms with Gasteiger partial charge < -0.3 is 4.74 Å². The lowest BCUT2D eigenvalue weighted by Crippen LogP contribution is -2.10. The molecule has 1 aromatic rings. The van der Waals surface area contributed by atoms with Gasteiger partial charge in [0.15, 0.2) is 0 Å². The zero-order valence-electron chi connectivity index (χ0n) is 8.20. The Balaban J connectivity index is 0. The lowest BCUT2D eigenvalue weighted by Gasteiger charge is -2.01. The molecule has 0 heterocycles. The topological polar surface area (TPSA) is 38.3 Å². The summed E-state index contributed by atoms with van der Waals surface area (Å²) in [4.78, 5) is 10.6. The van der Waals surface area contributed by atoms with Gasteiger partial charge in [0.1, 0.15) is 0 Å². The Kier molecular flexibility index (Phi) is 6.32. The van der Waals surface area contributed by atoms with E-state index in [1.54, 1.807) is 12.1 Å². The first-order chi connectivity index (χ1) is 6.33. The maximum absolute atomic E-state index is 10.6. The van der Waals surface area contributed by atoms with Crippen LogP contribution < -0.4 is 5.32 Å². The summed E-state index contributed by atoms with van der Waals surface area (Å²) in [5, 5.41) is 2.53. The van der Waals surface area contributed by atoms with Crippen LogP contribution >= 0.6 is 0 Å². The lowest BCUT2D eigenvalue weighted by molar-refractivity contribution is 0.187. The molecule has 0 aromatic heterocycles. The van der Waals surface area contributed by atoms with Crippen molar-refractivity contribution in [2.45, 2.75) is 13.8 Å². The van der Waals surface area contributed by atoms with E-state index in [-0.39, 0.29) is 1.43 Å². The van der Waals surface area contributed by atoms with E-state index in [0.29, 0.717) is 0 Å². The summed E-state index contributed by atoms with van der Waals surface area (Å²) in [6.45, 7) is 4.00. The minimum Gasteiger partial charge on any atom is -0.453 e. The number of ether oxygens (including phenoxy) is 1. The van der Waals surface area contributed by atoms with Crippen LogP contribution in [0, 0.1) is 0 Å². The molecule has 0 unspecified atom stereocenters. The van der Waals surface area contributed by atoms with Gasteiger partial charge >= 0.3 is 6.09 Å². The number of carbonyl (C=O) groups excluding carboxylic acids is 1. The highest BCUT2D eigenvalue weighted by Gasteiger charge is 1.96. The van der Waals surface area contributed by atoms with Gasteiger partial charge in [0.05, 0.1) is 7.11 Å². The molecule has 0 aliphatic rings. The third-order valence-electron chi connectivity index (χ3n) is 1.21. The van der Waals surface area contributed by atoms with Crippen molar-refractivity contribution >= 4 is 11.8 Å². The van der Waals surface area contributed by atoms with Crippen LogP contribution in [-0.2, 0) is 4.74 Å². The Morgan fingerprint density at radius 1 is 1.31 bits per heavy atom. The van der Waals surface area contributed by atoms with E-state index in [0.717, 1.165) is 5.69 Å². The zero-order chi connectivity index (χ0) is 10.1. The number of benzene rings is 1.